The number of hydrogen-bond donors (Lipinski definition) is 2. The monoisotopic (exact) mass is 270 g/mol. The van der Waals surface area contributed by atoms with Gasteiger partial charge in [-0.15, -0.1) is 5.10 Å². The zero-order valence-corrected chi connectivity index (χ0v) is 11.0. The summed E-state index contributed by atoms with van der Waals surface area (Å²) in [4.78, 5) is 15.6. The fourth-order valence-electron chi connectivity index (χ4n) is 1.67. The van der Waals surface area contributed by atoms with Crippen LogP contribution in [0.2, 0.25) is 0 Å². The molecule has 2 aromatic rings. The van der Waals surface area contributed by atoms with Crippen LogP contribution in [0.15, 0.2) is 24.5 Å². The standard InChI is InChI=1S/C13H14N6O/c1-9-10(15)3-2-4-11(9)17-13(20)5-6-19-8-16-12(7-14)18-19/h2-4,8H,5-6,15H2,1H3,(H,17,20). The van der Waals surface area contributed by atoms with Crippen LogP contribution in [0.4, 0.5) is 11.4 Å². The molecule has 1 aromatic carbocycles. The molecule has 0 bridgehead atoms. The summed E-state index contributed by atoms with van der Waals surface area (Å²) in [5.41, 5.74) is 7.95. The second-order valence-corrected chi connectivity index (χ2v) is 4.26. The number of nitrogens with zero attached hydrogens (tertiary/aromatic N) is 4. The predicted molar refractivity (Wildman–Crippen MR) is 73.6 cm³/mol. The van der Waals surface area contributed by atoms with E-state index in [1.807, 2.05) is 13.0 Å². The smallest absolute Gasteiger partial charge is 0.252 e. The maximum absolute atomic E-state index is 11.8. The highest BCUT2D eigenvalue weighted by molar-refractivity contribution is 5.92. The molecule has 0 aliphatic rings. The first-order valence-electron chi connectivity index (χ1n) is 6.04. The maximum atomic E-state index is 11.8. The second-order valence-electron chi connectivity index (χ2n) is 4.26. The molecule has 0 aliphatic carbocycles. The Balaban J connectivity index is 1.93. The molecular weight excluding hydrogens is 256 g/mol. The fraction of sp³-hybridized carbons (Fsp3) is 0.231. The number of nitrogen functional groups attached to an aromatic ring is 1. The van der Waals surface area contributed by atoms with E-state index in [2.05, 4.69) is 15.4 Å². The highest BCUT2D eigenvalue weighted by Crippen LogP contribution is 2.20. The predicted octanol–water partition coefficient (Wildman–Crippen LogP) is 1.07. The van der Waals surface area contributed by atoms with Crippen LogP contribution in [0.5, 0.6) is 0 Å². The molecule has 0 aliphatic heterocycles. The van der Waals surface area contributed by atoms with Gasteiger partial charge in [-0.2, -0.15) is 5.26 Å². The summed E-state index contributed by atoms with van der Waals surface area (Å²) >= 11 is 0. The molecular formula is C13H14N6O. The van der Waals surface area contributed by atoms with Gasteiger partial charge in [0.25, 0.3) is 5.82 Å². The van der Waals surface area contributed by atoms with E-state index >= 15 is 0 Å². The van der Waals surface area contributed by atoms with Gasteiger partial charge in [-0.25, -0.2) is 4.98 Å². The van der Waals surface area contributed by atoms with Crippen LogP contribution in [0.1, 0.15) is 17.8 Å². The van der Waals surface area contributed by atoms with Gasteiger partial charge in [-0.3, -0.25) is 9.48 Å². The van der Waals surface area contributed by atoms with Gasteiger partial charge in [0.05, 0.1) is 6.54 Å². The van der Waals surface area contributed by atoms with Crippen molar-refractivity contribution < 1.29 is 4.79 Å². The number of anilines is 2. The molecule has 1 aromatic heterocycles. The van der Waals surface area contributed by atoms with Gasteiger partial charge in [-0.05, 0) is 24.6 Å². The Labute approximate surface area is 116 Å². The Morgan fingerprint density at radius 3 is 3.05 bits per heavy atom. The van der Waals surface area contributed by atoms with Gasteiger partial charge >= 0.3 is 0 Å². The van der Waals surface area contributed by atoms with Crippen molar-refractivity contribution in [1.82, 2.24) is 14.8 Å². The molecule has 2 rings (SSSR count). The van der Waals surface area contributed by atoms with Crippen LogP contribution in [-0.2, 0) is 11.3 Å². The molecule has 7 heteroatoms. The summed E-state index contributed by atoms with van der Waals surface area (Å²) < 4.78 is 1.46. The van der Waals surface area contributed by atoms with Gasteiger partial charge in [0.2, 0.25) is 5.91 Å². The lowest BCUT2D eigenvalue weighted by atomic mass is 10.1. The van der Waals surface area contributed by atoms with E-state index in [0.717, 1.165) is 5.56 Å². The Kier molecular flexibility index (Phi) is 3.96. The lowest BCUT2D eigenvalue weighted by Gasteiger charge is -2.09. The Morgan fingerprint density at radius 2 is 2.35 bits per heavy atom. The molecule has 0 spiro atoms. The minimum Gasteiger partial charge on any atom is -0.398 e. The highest BCUT2D eigenvalue weighted by Gasteiger charge is 2.07. The number of benzene rings is 1. The van der Waals surface area contributed by atoms with Gasteiger partial charge in [0.1, 0.15) is 12.4 Å². The van der Waals surface area contributed by atoms with E-state index in [0.29, 0.717) is 17.9 Å². The fourth-order valence-corrected chi connectivity index (χ4v) is 1.67. The van der Waals surface area contributed by atoms with Crippen LogP contribution < -0.4 is 11.1 Å². The number of nitrogens with two attached hydrogens (primary N) is 1. The van der Waals surface area contributed by atoms with E-state index in [1.165, 1.54) is 11.0 Å². The quantitative estimate of drug-likeness (QED) is 0.807. The van der Waals surface area contributed by atoms with Crippen molar-refractivity contribution in [3.63, 3.8) is 0 Å². The lowest BCUT2D eigenvalue weighted by Crippen LogP contribution is -2.15. The van der Waals surface area contributed by atoms with E-state index in [9.17, 15) is 4.79 Å². The molecule has 20 heavy (non-hydrogen) atoms. The highest BCUT2D eigenvalue weighted by atomic mass is 16.1. The largest absolute Gasteiger partial charge is 0.398 e. The van der Waals surface area contributed by atoms with Crippen LogP contribution in [0, 0.1) is 18.3 Å². The second kappa shape index (κ2) is 5.84. The van der Waals surface area contributed by atoms with Crippen molar-refractivity contribution in [2.75, 3.05) is 11.1 Å². The minimum atomic E-state index is -0.146. The molecule has 0 radical (unpaired) electrons. The van der Waals surface area contributed by atoms with Crippen molar-refractivity contribution in [3.05, 3.63) is 35.9 Å². The number of carbonyl (C=O) groups excluding carboxylic acids is 1. The average Bonchev–Trinajstić information content (AvgIpc) is 2.90. The molecule has 1 amide bonds. The van der Waals surface area contributed by atoms with Crippen molar-refractivity contribution in [2.45, 2.75) is 19.9 Å². The van der Waals surface area contributed by atoms with Crippen LogP contribution in [0.25, 0.3) is 0 Å². The number of nitrogens with one attached hydrogen (secondary N) is 1. The number of aryl methyl sites for hydroxylation is 1. The average molecular weight is 270 g/mol. The molecule has 0 atom stereocenters. The number of aromatic nitrogens is 3. The zero-order chi connectivity index (χ0) is 14.5. The summed E-state index contributed by atoms with van der Waals surface area (Å²) in [5.74, 6) is -0.0511. The van der Waals surface area contributed by atoms with Crippen molar-refractivity contribution in [2.24, 2.45) is 0 Å². The van der Waals surface area contributed by atoms with Crippen molar-refractivity contribution >= 4 is 17.3 Å². The first-order chi connectivity index (χ1) is 9.60. The van der Waals surface area contributed by atoms with E-state index < -0.39 is 0 Å². The molecule has 1 heterocycles. The Hall–Kier alpha value is -2.88. The molecule has 0 unspecified atom stereocenters. The van der Waals surface area contributed by atoms with Crippen LogP contribution in [-0.4, -0.2) is 20.7 Å². The normalized spacial score (nSPS) is 10.0. The van der Waals surface area contributed by atoms with Gasteiger partial charge in [0, 0.05) is 17.8 Å². The molecule has 3 N–H and O–H groups in total. The third kappa shape index (κ3) is 3.11. The van der Waals surface area contributed by atoms with Crippen molar-refractivity contribution in [1.29, 1.82) is 5.26 Å². The van der Waals surface area contributed by atoms with Crippen LogP contribution >= 0.6 is 0 Å². The number of nitriles is 1. The first kappa shape index (κ1) is 13.5. The molecule has 7 nitrogen and oxygen atoms in total. The summed E-state index contributed by atoms with van der Waals surface area (Å²) in [7, 11) is 0. The van der Waals surface area contributed by atoms with Gasteiger partial charge in [-0.1, -0.05) is 6.07 Å². The summed E-state index contributed by atoms with van der Waals surface area (Å²) in [6.45, 7) is 2.21. The van der Waals surface area contributed by atoms with Gasteiger partial charge in [0.15, 0.2) is 0 Å². The van der Waals surface area contributed by atoms with E-state index in [1.54, 1.807) is 18.2 Å². The number of amides is 1. The molecule has 0 saturated carbocycles. The molecule has 0 saturated heterocycles. The Morgan fingerprint density at radius 1 is 1.55 bits per heavy atom. The summed E-state index contributed by atoms with van der Waals surface area (Å²) in [5, 5.41) is 15.3. The molecule has 0 fully saturated rings. The first-order valence-corrected chi connectivity index (χ1v) is 6.04. The van der Waals surface area contributed by atoms with Crippen molar-refractivity contribution in [3.8, 4) is 6.07 Å². The number of rotatable bonds is 4. The minimum absolute atomic E-state index is 0.0945. The number of carbonyl (C=O) groups is 1. The third-order valence-corrected chi connectivity index (χ3v) is 2.85. The van der Waals surface area contributed by atoms with Gasteiger partial charge < -0.3 is 11.1 Å². The lowest BCUT2D eigenvalue weighted by molar-refractivity contribution is -0.116. The Bertz CT molecular complexity index is 670. The summed E-state index contributed by atoms with van der Waals surface area (Å²) in [6, 6.07) is 7.20. The topological polar surface area (TPSA) is 110 Å². The maximum Gasteiger partial charge on any atom is 0.252 e. The number of hydrogen-bond acceptors (Lipinski definition) is 5. The zero-order valence-electron chi connectivity index (χ0n) is 11.0. The van der Waals surface area contributed by atoms with E-state index in [4.69, 9.17) is 11.0 Å². The third-order valence-electron chi connectivity index (χ3n) is 2.85. The van der Waals surface area contributed by atoms with Crippen LogP contribution in [0.3, 0.4) is 0 Å². The summed E-state index contributed by atoms with van der Waals surface area (Å²) in [6.07, 6.45) is 1.67. The van der Waals surface area contributed by atoms with E-state index in [-0.39, 0.29) is 18.2 Å². The molecule has 102 valence electrons. The SMILES string of the molecule is Cc1c(N)cccc1NC(=O)CCn1cnc(C#N)n1.